The van der Waals surface area contributed by atoms with Crippen molar-refractivity contribution in [2.45, 2.75) is 39.3 Å². The highest BCUT2D eigenvalue weighted by Gasteiger charge is 2.18. The first-order chi connectivity index (χ1) is 9.74. The van der Waals surface area contributed by atoms with E-state index in [1.54, 1.807) is 7.11 Å². The molecule has 1 N–H and O–H groups in total. The van der Waals surface area contributed by atoms with Crippen LogP contribution in [0.25, 0.3) is 0 Å². The summed E-state index contributed by atoms with van der Waals surface area (Å²) in [6, 6.07) is 0.259. The molecule has 0 bridgehead atoms. The monoisotopic (exact) mass is 347 g/mol. The first kappa shape index (κ1) is 17.6. The van der Waals surface area contributed by atoms with Gasteiger partial charge in [-0.3, -0.25) is 4.68 Å². The highest BCUT2D eigenvalue weighted by Crippen LogP contribution is 2.25. The first-order valence-electron chi connectivity index (χ1n) is 7.25. The minimum Gasteiger partial charge on any atom is -0.382 e. The van der Waals surface area contributed by atoms with E-state index in [0.717, 1.165) is 30.4 Å². The van der Waals surface area contributed by atoms with Crippen molar-refractivity contribution in [1.82, 2.24) is 15.1 Å². The number of ether oxygens (including phenoxy) is 2. The second kappa shape index (κ2) is 10.3. The maximum absolute atomic E-state index is 5.59. The first-order valence-corrected chi connectivity index (χ1v) is 8.05. The Hall–Kier alpha value is -0.430. The third-order valence-electron chi connectivity index (χ3n) is 3.09. The summed E-state index contributed by atoms with van der Waals surface area (Å²) in [5, 5.41) is 7.97. The zero-order chi connectivity index (χ0) is 14.8. The van der Waals surface area contributed by atoms with Crippen LogP contribution in [-0.2, 0) is 16.0 Å². The third-order valence-corrected chi connectivity index (χ3v) is 3.70. The minimum absolute atomic E-state index is 0.259. The molecule has 6 heteroatoms. The molecule has 1 rings (SSSR count). The molecule has 0 fully saturated rings. The number of nitrogens with one attached hydrogen (secondary N) is 1. The lowest BCUT2D eigenvalue weighted by molar-refractivity contribution is 0.0654. The van der Waals surface area contributed by atoms with Gasteiger partial charge in [-0.25, -0.2) is 0 Å². The lowest BCUT2D eigenvalue weighted by atomic mass is 10.1. The lowest BCUT2D eigenvalue weighted by Gasteiger charge is -2.20. The van der Waals surface area contributed by atoms with E-state index in [0.29, 0.717) is 19.8 Å². The van der Waals surface area contributed by atoms with Crippen molar-refractivity contribution < 1.29 is 9.47 Å². The molecule has 116 valence electrons. The van der Waals surface area contributed by atoms with E-state index >= 15 is 0 Å². The summed E-state index contributed by atoms with van der Waals surface area (Å²) in [7, 11) is 1.69. The number of aryl methyl sites for hydroxylation is 1. The zero-order valence-corrected chi connectivity index (χ0v) is 14.3. The number of halogens is 1. The molecule has 0 saturated heterocycles. The van der Waals surface area contributed by atoms with Gasteiger partial charge in [0, 0.05) is 20.3 Å². The fourth-order valence-corrected chi connectivity index (χ4v) is 2.64. The Balaban J connectivity index is 2.60. The molecule has 0 aliphatic carbocycles. The molecule has 0 amide bonds. The fraction of sp³-hybridized carbons (Fsp3) is 0.786. The van der Waals surface area contributed by atoms with Crippen LogP contribution in [0.15, 0.2) is 10.7 Å². The van der Waals surface area contributed by atoms with Gasteiger partial charge in [0.15, 0.2) is 0 Å². The van der Waals surface area contributed by atoms with Gasteiger partial charge in [-0.05, 0) is 42.2 Å². The van der Waals surface area contributed by atoms with Gasteiger partial charge in [-0.1, -0.05) is 6.92 Å². The average molecular weight is 348 g/mol. The smallest absolute Gasteiger partial charge is 0.0700 e. The molecule has 0 saturated carbocycles. The summed E-state index contributed by atoms with van der Waals surface area (Å²) in [6.07, 6.45) is 3.90. The molecule has 0 spiro atoms. The predicted molar refractivity (Wildman–Crippen MR) is 83.9 cm³/mol. The summed E-state index contributed by atoms with van der Waals surface area (Å²) < 4.78 is 13.7. The van der Waals surface area contributed by atoms with Crippen molar-refractivity contribution >= 4 is 15.9 Å². The van der Waals surface area contributed by atoms with Crippen molar-refractivity contribution in [1.29, 1.82) is 0 Å². The van der Waals surface area contributed by atoms with Gasteiger partial charge in [0.2, 0.25) is 0 Å². The number of hydrogen-bond acceptors (Lipinski definition) is 4. The predicted octanol–water partition coefficient (Wildman–Crippen LogP) is 2.76. The molecule has 1 heterocycles. The van der Waals surface area contributed by atoms with Crippen LogP contribution in [0.4, 0.5) is 0 Å². The highest BCUT2D eigenvalue weighted by molar-refractivity contribution is 9.10. The Morgan fingerprint density at radius 3 is 2.80 bits per heavy atom. The van der Waals surface area contributed by atoms with Crippen molar-refractivity contribution in [3.8, 4) is 0 Å². The van der Waals surface area contributed by atoms with Crippen LogP contribution in [0, 0.1) is 0 Å². The van der Waals surface area contributed by atoms with E-state index in [9.17, 15) is 0 Å². The van der Waals surface area contributed by atoms with Crippen LogP contribution in [-0.4, -0.2) is 43.3 Å². The summed E-state index contributed by atoms with van der Waals surface area (Å²) >= 11 is 3.60. The molecule has 20 heavy (non-hydrogen) atoms. The van der Waals surface area contributed by atoms with Crippen LogP contribution in [0.2, 0.25) is 0 Å². The topological polar surface area (TPSA) is 48.3 Å². The molecule has 0 radical (unpaired) electrons. The maximum Gasteiger partial charge on any atom is 0.0700 e. The summed E-state index contributed by atoms with van der Waals surface area (Å²) in [5.74, 6) is 0. The second-order valence-corrected chi connectivity index (χ2v) is 5.45. The highest BCUT2D eigenvalue weighted by atomic mass is 79.9. The van der Waals surface area contributed by atoms with Gasteiger partial charge in [0.1, 0.15) is 0 Å². The fourth-order valence-electron chi connectivity index (χ4n) is 2.07. The molecule has 0 aliphatic heterocycles. The van der Waals surface area contributed by atoms with Crippen molar-refractivity contribution in [3.05, 3.63) is 16.4 Å². The van der Waals surface area contributed by atoms with E-state index in [1.807, 2.05) is 10.9 Å². The van der Waals surface area contributed by atoms with E-state index in [1.165, 1.54) is 5.69 Å². The average Bonchev–Trinajstić information content (AvgIpc) is 2.83. The molecule has 1 unspecified atom stereocenters. The second-order valence-electron chi connectivity index (χ2n) is 4.59. The summed E-state index contributed by atoms with van der Waals surface area (Å²) in [6.45, 7) is 8.14. The molecule has 1 aromatic rings. The SMILES string of the molecule is CCCNC(CCOCCOC)c1c(Br)cnn1CC. The van der Waals surface area contributed by atoms with Crippen LogP contribution in [0.5, 0.6) is 0 Å². The summed E-state index contributed by atoms with van der Waals surface area (Å²) in [4.78, 5) is 0. The van der Waals surface area contributed by atoms with Gasteiger partial charge >= 0.3 is 0 Å². The van der Waals surface area contributed by atoms with Gasteiger partial charge in [-0.2, -0.15) is 5.10 Å². The van der Waals surface area contributed by atoms with Crippen molar-refractivity contribution in [3.63, 3.8) is 0 Å². The molecule has 0 aliphatic rings. The Morgan fingerprint density at radius 2 is 2.15 bits per heavy atom. The molecule has 5 nitrogen and oxygen atoms in total. The quantitative estimate of drug-likeness (QED) is 0.625. The lowest BCUT2D eigenvalue weighted by Crippen LogP contribution is -2.26. The van der Waals surface area contributed by atoms with Gasteiger partial charge in [0.05, 0.1) is 35.6 Å². The Morgan fingerprint density at radius 1 is 1.35 bits per heavy atom. The molecule has 1 atom stereocenters. The van der Waals surface area contributed by atoms with E-state index in [-0.39, 0.29) is 6.04 Å². The van der Waals surface area contributed by atoms with Gasteiger partial charge in [-0.15, -0.1) is 0 Å². The number of hydrogen-bond donors (Lipinski definition) is 1. The van der Waals surface area contributed by atoms with Crippen LogP contribution >= 0.6 is 15.9 Å². The number of aromatic nitrogens is 2. The Bertz CT molecular complexity index is 371. The van der Waals surface area contributed by atoms with Crippen LogP contribution < -0.4 is 5.32 Å². The summed E-state index contributed by atoms with van der Waals surface area (Å²) in [5.41, 5.74) is 1.20. The molecule has 0 aromatic carbocycles. The number of nitrogens with zero attached hydrogens (tertiary/aromatic N) is 2. The number of methoxy groups -OCH3 is 1. The minimum atomic E-state index is 0.259. The van der Waals surface area contributed by atoms with Crippen LogP contribution in [0.3, 0.4) is 0 Å². The van der Waals surface area contributed by atoms with Crippen LogP contribution in [0.1, 0.15) is 38.4 Å². The largest absolute Gasteiger partial charge is 0.382 e. The van der Waals surface area contributed by atoms with Crippen molar-refractivity contribution in [2.75, 3.05) is 33.5 Å². The maximum atomic E-state index is 5.59. The van der Waals surface area contributed by atoms with Crippen molar-refractivity contribution in [2.24, 2.45) is 0 Å². The number of rotatable bonds is 11. The molecular formula is C14H26BrN3O2. The Labute approximate surface area is 130 Å². The standard InChI is InChI=1S/C14H26BrN3O2/c1-4-7-16-13(6-8-20-10-9-19-3)14-12(15)11-17-18(14)5-2/h11,13,16H,4-10H2,1-3H3. The van der Waals surface area contributed by atoms with E-state index < -0.39 is 0 Å². The third kappa shape index (κ3) is 5.52. The van der Waals surface area contributed by atoms with E-state index in [2.05, 4.69) is 40.2 Å². The van der Waals surface area contributed by atoms with Gasteiger partial charge < -0.3 is 14.8 Å². The van der Waals surface area contributed by atoms with E-state index in [4.69, 9.17) is 9.47 Å². The molecular weight excluding hydrogens is 322 g/mol. The Kier molecular flexibility index (Phi) is 9.09. The normalized spacial score (nSPS) is 12.8. The zero-order valence-electron chi connectivity index (χ0n) is 12.7. The van der Waals surface area contributed by atoms with Gasteiger partial charge in [0.25, 0.3) is 0 Å². The molecule has 1 aromatic heterocycles.